The smallest absolute Gasteiger partial charge is 0.227 e. The zero-order chi connectivity index (χ0) is 19.6. The molecular formula is C17H15BrCl2IN5O. The summed E-state index contributed by atoms with van der Waals surface area (Å²) in [6.07, 6.45) is 3.88. The molecule has 0 radical (unpaired) electrons. The average Bonchev–Trinajstić information content (AvgIpc) is 3.11. The maximum atomic E-state index is 12.3. The first-order chi connectivity index (χ1) is 12.8. The predicted octanol–water partition coefficient (Wildman–Crippen LogP) is 5.14. The van der Waals surface area contributed by atoms with Gasteiger partial charge in [0.05, 0.1) is 27.3 Å². The zero-order valence-corrected chi connectivity index (χ0v) is 19.5. The van der Waals surface area contributed by atoms with Gasteiger partial charge >= 0.3 is 0 Å². The standard InChI is InChI=1S/C17H15BrCl2IN5O/c1-10-15(21)7-22-26(10)5-4-16(27)23-17-13(18)9-25(24-17)8-11-2-3-12(19)6-14(11)20/h2-3,6-7,9H,4-5,8H2,1H3,(H,23,24,27). The second-order valence-corrected chi connectivity index (χ2v) is 8.72. The van der Waals surface area contributed by atoms with E-state index < -0.39 is 0 Å². The molecule has 0 saturated heterocycles. The molecule has 0 aliphatic heterocycles. The van der Waals surface area contributed by atoms with Crippen LogP contribution >= 0.6 is 61.7 Å². The molecule has 0 bridgehead atoms. The Bertz CT molecular complexity index is 988. The fourth-order valence-corrected chi connectivity index (χ4v) is 3.72. The molecule has 0 unspecified atom stereocenters. The summed E-state index contributed by atoms with van der Waals surface area (Å²) in [4.78, 5) is 12.3. The summed E-state index contributed by atoms with van der Waals surface area (Å²) in [5.74, 6) is 0.340. The van der Waals surface area contributed by atoms with E-state index in [0.29, 0.717) is 39.8 Å². The molecule has 0 aliphatic rings. The van der Waals surface area contributed by atoms with Crippen LogP contribution in [0.25, 0.3) is 0 Å². The molecule has 1 N–H and O–H groups in total. The van der Waals surface area contributed by atoms with E-state index in [9.17, 15) is 4.79 Å². The van der Waals surface area contributed by atoms with Gasteiger partial charge in [-0.25, -0.2) is 0 Å². The van der Waals surface area contributed by atoms with Crippen molar-refractivity contribution in [1.29, 1.82) is 0 Å². The number of hydrogen-bond donors (Lipinski definition) is 1. The van der Waals surface area contributed by atoms with Crippen molar-refractivity contribution in [3.63, 3.8) is 0 Å². The number of aryl methyl sites for hydroxylation is 1. The lowest BCUT2D eigenvalue weighted by Crippen LogP contribution is -2.16. The summed E-state index contributed by atoms with van der Waals surface area (Å²) in [7, 11) is 0. The predicted molar refractivity (Wildman–Crippen MR) is 118 cm³/mol. The van der Waals surface area contributed by atoms with Crippen LogP contribution in [-0.2, 0) is 17.9 Å². The third kappa shape index (κ3) is 5.24. The summed E-state index contributed by atoms with van der Waals surface area (Å²) in [6.45, 7) is 2.96. The van der Waals surface area contributed by atoms with Crippen molar-refractivity contribution in [3.8, 4) is 0 Å². The average molecular weight is 583 g/mol. The Hall–Kier alpha value is -1.10. The maximum Gasteiger partial charge on any atom is 0.227 e. The van der Waals surface area contributed by atoms with Crippen molar-refractivity contribution in [2.24, 2.45) is 0 Å². The third-order valence-corrected chi connectivity index (χ3v) is 6.14. The first-order valence-corrected chi connectivity index (χ1v) is 10.6. The normalized spacial score (nSPS) is 11.0. The molecule has 0 aliphatic carbocycles. The molecule has 10 heteroatoms. The number of benzene rings is 1. The van der Waals surface area contributed by atoms with Gasteiger partial charge in [-0.05, 0) is 63.1 Å². The van der Waals surface area contributed by atoms with E-state index in [-0.39, 0.29) is 5.91 Å². The number of aromatic nitrogens is 4. The minimum atomic E-state index is -0.129. The summed E-state index contributed by atoms with van der Waals surface area (Å²) < 4.78 is 5.30. The SMILES string of the molecule is Cc1c(I)cnn1CCC(=O)Nc1nn(Cc2ccc(Cl)cc2Cl)cc1Br. The monoisotopic (exact) mass is 581 g/mol. The van der Waals surface area contributed by atoms with Gasteiger partial charge in [-0.1, -0.05) is 29.3 Å². The van der Waals surface area contributed by atoms with E-state index in [1.54, 1.807) is 29.2 Å². The number of carbonyl (C=O) groups excluding carboxylic acids is 1. The second-order valence-electron chi connectivity index (χ2n) is 5.86. The van der Waals surface area contributed by atoms with Crippen molar-refractivity contribution < 1.29 is 4.79 Å². The van der Waals surface area contributed by atoms with E-state index in [0.717, 1.165) is 14.8 Å². The van der Waals surface area contributed by atoms with Crippen molar-refractivity contribution >= 4 is 73.4 Å². The first kappa shape index (κ1) is 20.6. The summed E-state index contributed by atoms with van der Waals surface area (Å²) in [6, 6.07) is 5.33. The molecular weight excluding hydrogens is 568 g/mol. The molecule has 2 aromatic heterocycles. The Kier molecular flexibility index (Phi) is 6.83. The highest BCUT2D eigenvalue weighted by Gasteiger charge is 2.13. The third-order valence-electron chi connectivity index (χ3n) is 3.92. The molecule has 1 aromatic carbocycles. The number of amides is 1. The van der Waals surface area contributed by atoms with Crippen molar-refractivity contribution in [2.75, 3.05) is 5.32 Å². The lowest BCUT2D eigenvalue weighted by Gasteiger charge is -2.06. The quantitative estimate of drug-likeness (QED) is 0.410. The van der Waals surface area contributed by atoms with Crippen LogP contribution in [0, 0.1) is 10.5 Å². The number of nitrogens with one attached hydrogen (secondary N) is 1. The van der Waals surface area contributed by atoms with E-state index in [2.05, 4.69) is 54.0 Å². The van der Waals surface area contributed by atoms with Crippen LogP contribution in [-0.4, -0.2) is 25.5 Å². The Morgan fingerprint density at radius 1 is 1.37 bits per heavy atom. The molecule has 1 amide bonds. The van der Waals surface area contributed by atoms with Gasteiger partial charge in [-0.3, -0.25) is 14.2 Å². The van der Waals surface area contributed by atoms with Gasteiger partial charge in [-0.15, -0.1) is 0 Å². The molecule has 2 heterocycles. The zero-order valence-electron chi connectivity index (χ0n) is 14.2. The molecule has 0 spiro atoms. The highest BCUT2D eigenvalue weighted by atomic mass is 127. The van der Waals surface area contributed by atoms with Crippen LogP contribution in [0.5, 0.6) is 0 Å². The number of halogens is 4. The summed E-state index contributed by atoms with van der Waals surface area (Å²) >= 11 is 17.8. The Labute approximate surface area is 188 Å². The van der Waals surface area contributed by atoms with Crippen LogP contribution in [0.2, 0.25) is 10.0 Å². The van der Waals surface area contributed by atoms with Crippen LogP contribution in [0.15, 0.2) is 35.1 Å². The van der Waals surface area contributed by atoms with Gasteiger partial charge in [-0.2, -0.15) is 10.2 Å². The molecule has 0 atom stereocenters. The fourth-order valence-electron chi connectivity index (χ4n) is 2.44. The Balaban J connectivity index is 1.62. The van der Waals surface area contributed by atoms with Crippen LogP contribution in [0.1, 0.15) is 17.7 Å². The highest BCUT2D eigenvalue weighted by molar-refractivity contribution is 14.1. The highest BCUT2D eigenvalue weighted by Crippen LogP contribution is 2.24. The fraction of sp³-hybridized carbons (Fsp3) is 0.235. The first-order valence-electron chi connectivity index (χ1n) is 7.98. The van der Waals surface area contributed by atoms with Crippen molar-refractivity contribution in [3.05, 3.63) is 59.9 Å². The lowest BCUT2D eigenvalue weighted by molar-refractivity contribution is -0.116. The van der Waals surface area contributed by atoms with E-state index in [1.807, 2.05) is 17.7 Å². The largest absolute Gasteiger partial charge is 0.308 e. The molecule has 0 saturated carbocycles. The van der Waals surface area contributed by atoms with Crippen molar-refractivity contribution in [2.45, 2.75) is 26.4 Å². The minimum absolute atomic E-state index is 0.129. The molecule has 27 heavy (non-hydrogen) atoms. The van der Waals surface area contributed by atoms with Gasteiger partial charge < -0.3 is 5.32 Å². The minimum Gasteiger partial charge on any atom is -0.308 e. The molecule has 6 nitrogen and oxygen atoms in total. The molecule has 0 fully saturated rings. The Morgan fingerprint density at radius 2 is 2.15 bits per heavy atom. The number of carbonyl (C=O) groups is 1. The topological polar surface area (TPSA) is 64.7 Å². The molecule has 3 aromatic rings. The van der Waals surface area contributed by atoms with Gasteiger partial charge in [0, 0.05) is 28.4 Å². The van der Waals surface area contributed by atoms with E-state index in [1.165, 1.54) is 0 Å². The van der Waals surface area contributed by atoms with Gasteiger partial charge in [0.1, 0.15) is 0 Å². The van der Waals surface area contributed by atoms with Crippen molar-refractivity contribution in [1.82, 2.24) is 19.6 Å². The number of rotatable bonds is 6. The van der Waals surface area contributed by atoms with Crippen LogP contribution in [0.3, 0.4) is 0 Å². The van der Waals surface area contributed by atoms with E-state index in [4.69, 9.17) is 23.2 Å². The van der Waals surface area contributed by atoms with Crippen LogP contribution in [0.4, 0.5) is 5.82 Å². The van der Waals surface area contributed by atoms with Crippen LogP contribution < -0.4 is 5.32 Å². The van der Waals surface area contributed by atoms with Gasteiger partial charge in [0.25, 0.3) is 0 Å². The second kappa shape index (κ2) is 8.93. The number of hydrogen-bond acceptors (Lipinski definition) is 3. The summed E-state index contributed by atoms with van der Waals surface area (Å²) in [5.41, 5.74) is 1.94. The lowest BCUT2D eigenvalue weighted by atomic mass is 10.2. The maximum absolute atomic E-state index is 12.3. The Morgan fingerprint density at radius 3 is 2.81 bits per heavy atom. The van der Waals surface area contributed by atoms with E-state index >= 15 is 0 Å². The number of anilines is 1. The van der Waals surface area contributed by atoms with Gasteiger partial charge in [0.2, 0.25) is 5.91 Å². The van der Waals surface area contributed by atoms with Gasteiger partial charge in [0.15, 0.2) is 5.82 Å². The summed E-state index contributed by atoms with van der Waals surface area (Å²) in [5, 5.41) is 12.6. The molecule has 3 rings (SSSR count). The molecule has 142 valence electrons. The number of nitrogens with zero attached hydrogens (tertiary/aromatic N) is 4.